The van der Waals surface area contributed by atoms with Crippen LogP contribution < -0.4 is 5.32 Å². The van der Waals surface area contributed by atoms with E-state index in [4.69, 9.17) is 0 Å². The van der Waals surface area contributed by atoms with Crippen molar-refractivity contribution < 1.29 is 29.4 Å². The van der Waals surface area contributed by atoms with E-state index in [1.807, 2.05) is 6.08 Å². The number of phenols is 2. The van der Waals surface area contributed by atoms with E-state index in [0.29, 0.717) is 17.6 Å². The minimum atomic E-state index is -1.80. The van der Waals surface area contributed by atoms with E-state index in [9.17, 15) is 29.4 Å². The van der Waals surface area contributed by atoms with E-state index < -0.39 is 34.5 Å². The first-order valence-electron chi connectivity index (χ1n) is 9.27. The van der Waals surface area contributed by atoms with Crippen molar-refractivity contribution in [2.45, 2.75) is 38.6 Å². The third-order valence-corrected chi connectivity index (χ3v) is 5.81. The van der Waals surface area contributed by atoms with E-state index >= 15 is 0 Å². The molecule has 0 saturated heterocycles. The molecule has 3 aliphatic carbocycles. The smallest absolute Gasteiger partial charge is 0.218 e. The number of Topliss-reactive ketones (excluding diaryl/α,β-unsaturated/α-hetero) is 3. The third-order valence-electron chi connectivity index (χ3n) is 5.81. The summed E-state index contributed by atoms with van der Waals surface area (Å²) in [6.07, 6.45) is 7.28. The van der Waals surface area contributed by atoms with Gasteiger partial charge in [-0.1, -0.05) is 18.2 Å². The quantitative estimate of drug-likeness (QED) is 0.523. The second kappa shape index (κ2) is 6.27. The number of ketones is 3. The second-order valence-electron chi connectivity index (χ2n) is 7.52. The number of hydrogen-bond donors (Lipinski definition) is 3. The molecule has 1 aromatic rings. The predicted octanol–water partition coefficient (Wildman–Crippen LogP) is 2.16. The Morgan fingerprint density at radius 2 is 1.83 bits per heavy atom. The molecule has 0 aromatic heterocycles. The van der Waals surface area contributed by atoms with Crippen LogP contribution in [-0.4, -0.2) is 39.0 Å². The van der Waals surface area contributed by atoms with Gasteiger partial charge in [-0.2, -0.15) is 0 Å². The van der Waals surface area contributed by atoms with Crippen LogP contribution in [-0.2, 0) is 16.0 Å². The number of carbonyl (C=O) groups is 4. The van der Waals surface area contributed by atoms with Gasteiger partial charge in [-0.25, -0.2) is 0 Å². The summed E-state index contributed by atoms with van der Waals surface area (Å²) < 4.78 is 0. The number of allylic oxidation sites excluding steroid dienone is 5. The van der Waals surface area contributed by atoms with Crippen LogP contribution in [0.5, 0.6) is 11.5 Å². The molecular formula is C22H19NO6. The Morgan fingerprint density at radius 1 is 1.10 bits per heavy atom. The van der Waals surface area contributed by atoms with Gasteiger partial charge in [0.2, 0.25) is 5.91 Å². The van der Waals surface area contributed by atoms with E-state index in [-0.39, 0.29) is 40.8 Å². The topological polar surface area (TPSA) is 121 Å². The number of phenolic OH excluding ortho intramolecular Hbond substituents is 2. The molecule has 7 nitrogen and oxygen atoms in total. The molecule has 1 amide bonds. The Balaban J connectivity index is 1.98. The normalized spacial score (nSPS) is 22.1. The molecule has 0 fully saturated rings. The van der Waals surface area contributed by atoms with E-state index in [2.05, 4.69) is 5.32 Å². The third kappa shape index (κ3) is 2.50. The van der Waals surface area contributed by atoms with Crippen molar-refractivity contribution in [1.29, 1.82) is 0 Å². The Bertz CT molecular complexity index is 1120. The molecule has 29 heavy (non-hydrogen) atoms. The van der Waals surface area contributed by atoms with Crippen LogP contribution in [0.15, 0.2) is 29.4 Å². The van der Waals surface area contributed by atoms with Gasteiger partial charge in [0.05, 0.1) is 11.1 Å². The molecular weight excluding hydrogens is 374 g/mol. The molecule has 4 rings (SSSR count). The average molecular weight is 393 g/mol. The summed E-state index contributed by atoms with van der Waals surface area (Å²) in [7, 11) is 0. The van der Waals surface area contributed by atoms with Gasteiger partial charge in [0.25, 0.3) is 0 Å². The first-order chi connectivity index (χ1) is 13.7. The van der Waals surface area contributed by atoms with Crippen molar-refractivity contribution in [3.8, 4) is 11.5 Å². The van der Waals surface area contributed by atoms with Crippen molar-refractivity contribution in [2.24, 2.45) is 0 Å². The maximum absolute atomic E-state index is 13.3. The molecule has 0 aliphatic heterocycles. The van der Waals surface area contributed by atoms with Gasteiger partial charge in [0.15, 0.2) is 22.9 Å². The lowest BCUT2D eigenvalue weighted by atomic mass is 9.71. The van der Waals surface area contributed by atoms with Crippen LogP contribution in [0, 0.1) is 0 Å². The standard InChI is InChI=1S/C22H19NO6/c1-10(24)22(23-11(2)25)8-7-14-17(21(22)29)20(28)15-9-12-5-3-4-6-13(12)18(26)16(15)19(14)27/h3-4,6,9,27-28H,5,7-8H2,1-2H3,(H,23,25). The summed E-state index contributed by atoms with van der Waals surface area (Å²) in [4.78, 5) is 50.3. The molecule has 0 radical (unpaired) electrons. The summed E-state index contributed by atoms with van der Waals surface area (Å²) in [6, 6.07) is 0. The van der Waals surface area contributed by atoms with Crippen LogP contribution in [0.1, 0.15) is 58.5 Å². The molecule has 1 atom stereocenters. The zero-order valence-corrected chi connectivity index (χ0v) is 16.0. The SMILES string of the molecule is CC(=O)NC1(C(C)=O)CCc2c(O)c3c(c(O)c2C1=O)C=C1CC=CC=C1C3=O. The first-order valence-corrected chi connectivity index (χ1v) is 9.27. The zero-order valence-electron chi connectivity index (χ0n) is 16.0. The van der Waals surface area contributed by atoms with Crippen molar-refractivity contribution in [3.63, 3.8) is 0 Å². The van der Waals surface area contributed by atoms with Gasteiger partial charge in [-0.3, -0.25) is 19.2 Å². The number of rotatable bonds is 2. The lowest BCUT2D eigenvalue weighted by molar-refractivity contribution is -0.128. The van der Waals surface area contributed by atoms with Gasteiger partial charge < -0.3 is 15.5 Å². The summed E-state index contributed by atoms with van der Waals surface area (Å²) in [5, 5.41) is 24.2. The summed E-state index contributed by atoms with van der Waals surface area (Å²) >= 11 is 0. The molecule has 148 valence electrons. The second-order valence-corrected chi connectivity index (χ2v) is 7.52. The fraction of sp³-hybridized carbons (Fsp3) is 0.273. The number of nitrogens with one attached hydrogen (secondary N) is 1. The molecule has 1 unspecified atom stereocenters. The van der Waals surface area contributed by atoms with Crippen molar-refractivity contribution in [2.75, 3.05) is 0 Å². The molecule has 1 aromatic carbocycles. The van der Waals surface area contributed by atoms with Crippen LogP contribution >= 0.6 is 0 Å². The van der Waals surface area contributed by atoms with E-state index in [1.165, 1.54) is 13.8 Å². The Labute approximate surface area is 166 Å². The molecule has 7 heteroatoms. The van der Waals surface area contributed by atoms with Gasteiger partial charge in [0.1, 0.15) is 11.5 Å². The number of aromatic hydroxyl groups is 2. The molecule has 3 aliphatic rings. The minimum Gasteiger partial charge on any atom is -0.507 e. The highest BCUT2D eigenvalue weighted by Crippen LogP contribution is 2.48. The minimum absolute atomic E-state index is 0.0381. The van der Waals surface area contributed by atoms with Gasteiger partial charge in [0, 0.05) is 23.6 Å². The Hall–Kier alpha value is -3.48. The lowest BCUT2D eigenvalue weighted by Crippen LogP contribution is -2.60. The maximum atomic E-state index is 13.3. The highest BCUT2D eigenvalue weighted by molar-refractivity contribution is 6.25. The van der Waals surface area contributed by atoms with Crippen molar-refractivity contribution >= 4 is 29.3 Å². The van der Waals surface area contributed by atoms with E-state index in [1.54, 1.807) is 18.2 Å². The number of benzene rings is 1. The fourth-order valence-corrected chi connectivity index (χ4v) is 4.38. The highest BCUT2D eigenvalue weighted by Gasteiger charge is 2.50. The van der Waals surface area contributed by atoms with Crippen molar-refractivity contribution in [3.05, 3.63) is 51.6 Å². The molecule has 0 saturated carbocycles. The molecule has 0 heterocycles. The number of amides is 1. The number of hydrogen-bond acceptors (Lipinski definition) is 6. The summed E-state index contributed by atoms with van der Waals surface area (Å²) in [6.45, 7) is 2.40. The summed E-state index contributed by atoms with van der Waals surface area (Å²) in [5.41, 5.74) is -0.791. The van der Waals surface area contributed by atoms with Gasteiger partial charge in [-0.05, 0) is 37.8 Å². The van der Waals surface area contributed by atoms with Crippen LogP contribution in [0.2, 0.25) is 0 Å². The average Bonchev–Trinajstić information content (AvgIpc) is 2.67. The summed E-state index contributed by atoms with van der Waals surface area (Å²) in [5.74, 6) is -3.14. The monoisotopic (exact) mass is 393 g/mol. The van der Waals surface area contributed by atoms with Gasteiger partial charge >= 0.3 is 0 Å². The Kier molecular flexibility index (Phi) is 4.08. The lowest BCUT2D eigenvalue weighted by Gasteiger charge is -2.36. The van der Waals surface area contributed by atoms with Crippen LogP contribution in [0.25, 0.3) is 6.08 Å². The highest BCUT2D eigenvalue weighted by atomic mass is 16.3. The van der Waals surface area contributed by atoms with Gasteiger partial charge in [-0.15, -0.1) is 0 Å². The maximum Gasteiger partial charge on any atom is 0.218 e. The first kappa shape index (κ1) is 18.9. The van der Waals surface area contributed by atoms with Crippen LogP contribution in [0.4, 0.5) is 0 Å². The fourth-order valence-electron chi connectivity index (χ4n) is 4.38. The predicted molar refractivity (Wildman–Crippen MR) is 104 cm³/mol. The number of fused-ring (bicyclic) bond motifs is 3. The largest absolute Gasteiger partial charge is 0.507 e. The molecule has 0 bridgehead atoms. The zero-order chi connectivity index (χ0) is 21.1. The Morgan fingerprint density at radius 3 is 2.48 bits per heavy atom. The van der Waals surface area contributed by atoms with Crippen molar-refractivity contribution in [1.82, 2.24) is 5.32 Å². The van der Waals surface area contributed by atoms with E-state index in [0.717, 1.165) is 0 Å². The molecule has 3 N–H and O–H groups in total. The van der Waals surface area contributed by atoms with Crippen LogP contribution in [0.3, 0.4) is 0 Å². The number of carbonyl (C=O) groups excluding carboxylic acids is 4. The molecule has 0 spiro atoms.